The van der Waals surface area contributed by atoms with Crippen molar-refractivity contribution in [2.45, 2.75) is 39.4 Å². The summed E-state index contributed by atoms with van der Waals surface area (Å²) in [6.45, 7) is 8.92. The third-order valence-electron chi connectivity index (χ3n) is 1.83. The number of nitrogens with zero attached hydrogens (tertiary/aromatic N) is 1. The number of ether oxygens (including phenoxy) is 1. The van der Waals surface area contributed by atoms with Crippen molar-refractivity contribution in [2.75, 3.05) is 11.9 Å². The Kier molecular flexibility index (Phi) is 4.34. The van der Waals surface area contributed by atoms with Gasteiger partial charge in [-0.15, -0.1) is 11.3 Å². The van der Waals surface area contributed by atoms with Gasteiger partial charge in [-0.1, -0.05) is 0 Å². The molecule has 0 radical (unpaired) electrons. The molecule has 0 aliphatic rings. The molecule has 4 heteroatoms. The first-order valence-corrected chi connectivity index (χ1v) is 6.14. The molecule has 0 bridgehead atoms. The fourth-order valence-electron chi connectivity index (χ4n) is 1.38. The van der Waals surface area contributed by atoms with E-state index in [-0.39, 0.29) is 11.7 Å². The highest BCUT2D eigenvalue weighted by Crippen LogP contribution is 2.21. The molecule has 0 saturated heterocycles. The zero-order valence-corrected chi connectivity index (χ0v) is 11.0. The number of thiophene rings is 1. The van der Waals surface area contributed by atoms with E-state index in [4.69, 9.17) is 10.00 Å². The van der Waals surface area contributed by atoms with E-state index in [1.807, 2.05) is 39.8 Å². The van der Waals surface area contributed by atoms with Crippen LogP contribution in [-0.4, -0.2) is 18.2 Å². The summed E-state index contributed by atoms with van der Waals surface area (Å²) in [5, 5.41) is 13.0. The molecule has 0 aliphatic carbocycles. The Balaban J connectivity index is 2.37. The van der Waals surface area contributed by atoms with Gasteiger partial charge < -0.3 is 10.1 Å². The second-order valence-electron chi connectivity index (χ2n) is 4.70. The first kappa shape index (κ1) is 13.0. The average molecular weight is 238 g/mol. The third kappa shape index (κ3) is 4.65. The Bertz CT molecular complexity index is 373. The van der Waals surface area contributed by atoms with E-state index in [0.29, 0.717) is 0 Å². The minimum Gasteiger partial charge on any atom is -0.374 e. The summed E-state index contributed by atoms with van der Waals surface area (Å²) in [7, 11) is 0. The van der Waals surface area contributed by atoms with Crippen molar-refractivity contribution in [2.24, 2.45) is 0 Å². The van der Waals surface area contributed by atoms with Crippen LogP contribution >= 0.6 is 11.3 Å². The fraction of sp³-hybridized carbons (Fsp3) is 0.583. The Labute approximate surface area is 101 Å². The van der Waals surface area contributed by atoms with E-state index in [1.54, 1.807) is 0 Å². The molecule has 3 nitrogen and oxygen atoms in total. The Morgan fingerprint density at radius 3 is 2.69 bits per heavy atom. The molecule has 0 aliphatic heterocycles. The summed E-state index contributed by atoms with van der Waals surface area (Å²) in [5.41, 5.74) is -0.117. The maximum atomic E-state index is 8.69. The number of nitriles is 1. The molecular formula is C12H18N2OS. The monoisotopic (exact) mass is 238 g/mol. The van der Waals surface area contributed by atoms with Gasteiger partial charge in [0.15, 0.2) is 0 Å². The minimum absolute atomic E-state index is 0.117. The number of hydrogen-bond donors (Lipinski definition) is 1. The van der Waals surface area contributed by atoms with Crippen molar-refractivity contribution >= 4 is 16.3 Å². The van der Waals surface area contributed by atoms with Gasteiger partial charge in [-0.25, -0.2) is 0 Å². The molecule has 1 N–H and O–H groups in total. The quantitative estimate of drug-likeness (QED) is 0.876. The molecular weight excluding hydrogens is 220 g/mol. The summed E-state index contributed by atoms with van der Waals surface area (Å²) in [4.78, 5) is 0.729. The minimum atomic E-state index is -0.117. The molecule has 1 atom stereocenters. The maximum Gasteiger partial charge on any atom is 0.110 e. The number of hydrogen-bond acceptors (Lipinski definition) is 4. The van der Waals surface area contributed by atoms with Crippen molar-refractivity contribution < 1.29 is 4.74 Å². The van der Waals surface area contributed by atoms with Crippen LogP contribution in [0.5, 0.6) is 0 Å². The lowest BCUT2D eigenvalue weighted by Gasteiger charge is -2.25. The van der Waals surface area contributed by atoms with Crippen molar-refractivity contribution in [1.29, 1.82) is 5.26 Å². The highest BCUT2D eigenvalue weighted by Gasteiger charge is 2.14. The average Bonchev–Trinajstić information content (AvgIpc) is 2.59. The molecule has 1 aromatic heterocycles. The SMILES string of the molecule is C[C@H](CNc1ccc(C#N)s1)OC(C)(C)C. The van der Waals surface area contributed by atoms with Gasteiger partial charge in [-0.05, 0) is 39.8 Å². The topological polar surface area (TPSA) is 45.0 Å². The van der Waals surface area contributed by atoms with Gasteiger partial charge in [0.2, 0.25) is 0 Å². The molecule has 0 amide bonds. The molecule has 1 heterocycles. The first-order valence-electron chi connectivity index (χ1n) is 5.32. The predicted octanol–water partition coefficient (Wildman–Crippen LogP) is 3.24. The van der Waals surface area contributed by atoms with Crippen molar-refractivity contribution in [3.8, 4) is 6.07 Å². The third-order valence-corrected chi connectivity index (χ3v) is 2.78. The molecule has 0 aromatic carbocycles. The lowest BCUT2D eigenvalue weighted by Crippen LogP contribution is -2.30. The lowest BCUT2D eigenvalue weighted by molar-refractivity contribution is -0.0448. The Morgan fingerprint density at radius 1 is 1.50 bits per heavy atom. The molecule has 0 spiro atoms. The van der Waals surface area contributed by atoms with Crippen molar-refractivity contribution in [3.05, 3.63) is 17.0 Å². The highest BCUT2D eigenvalue weighted by molar-refractivity contribution is 7.16. The van der Waals surface area contributed by atoms with Gasteiger partial charge in [0.1, 0.15) is 10.9 Å². The summed E-state index contributed by atoms with van der Waals surface area (Å²) in [6, 6.07) is 5.87. The van der Waals surface area contributed by atoms with Crippen molar-refractivity contribution in [1.82, 2.24) is 0 Å². The van der Waals surface area contributed by atoms with Crippen LogP contribution in [-0.2, 0) is 4.74 Å². The molecule has 0 fully saturated rings. The van der Waals surface area contributed by atoms with Gasteiger partial charge in [0.25, 0.3) is 0 Å². The second kappa shape index (κ2) is 5.33. The number of rotatable bonds is 4. The van der Waals surface area contributed by atoms with E-state index in [1.165, 1.54) is 11.3 Å². The molecule has 88 valence electrons. The van der Waals surface area contributed by atoms with Gasteiger partial charge in [0, 0.05) is 6.54 Å². The van der Waals surface area contributed by atoms with E-state index in [0.717, 1.165) is 16.4 Å². The Morgan fingerprint density at radius 2 is 2.19 bits per heavy atom. The number of nitrogens with one attached hydrogen (secondary N) is 1. The highest BCUT2D eigenvalue weighted by atomic mass is 32.1. The summed E-state index contributed by atoms with van der Waals surface area (Å²) in [5.74, 6) is 0. The van der Waals surface area contributed by atoms with Crippen LogP contribution in [0.2, 0.25) is 0 Å². The van der Waals surface area contributed by atoms with Crippen LogP contribution in [0.4, 0.5) is 5.00 Å². The smallest absolute Gasteiger partial charge is 0.110 e. The van der Waals surface area contributed by atoms with E-state index in [9.17, 15) is 0 Å². The van der Waals surface area contributed by atoms with E-state index < -0.39 is 0 Å². The normalized spacial score (nSPS) is 13.2. The number of anilines is 1. The van der Waals surface area contributed by atoms with Crippen LogP contribution in [0.3, 0.4) is 0 Å². The largest absolute Gasteiger partial charge is 0.374 e. The van der Waals surface area contributed by atoms with E-state index in [2.05, 4.69) is 11.4 Å². The van der Waals surface area contributed by atoms with Gasteiger partial charge in [-0.2, -0.15) is 5.26 Å². The lowest BCUT2D eigenvalue weighted by atomic mass is 10.2. The van der Waals surface area contributed by atoms with Gasteiger partial charge >= 0.3 is 0 Å². The summed E-state index contributed by atoms with van der Waals surface area (Å²) >= 11 is 1.47. The van der Waals surface area contributed by atoms with Gasteiger partial charge in [-0.3, -0.25) is 0 Å². The first-order chi connectivity index (χ1) is 7.40. The standard InChI is InChI=1S/C12H18N2OS/c1-9(15-12(2,3)4)8-14-11-6-5-10(7-13)16-11/h5-6,9,14H,8H2,1-4H3/t9-/m1/s1. The fourth-order valence-corrected chi connectivity index (χ4v) is 2.09. The zero-order valence-electron chi connectivity index (χ0n) is 10.2. The van der Waals surface area contributed by atoms with Crippen molar-refractivity contribution in [3.63, 3.8) is 0 Å². The van der Waals surface area contributed by atoms with Crippen LogP contribution in [0.25, 0.3) is 0 Å². The molecule has 0 unspecified atom stereocenters. The Hall–Kier alpha value is -1.05. The van der Waals surface area contributed by atoms with Crippen LogP contribution < -0.4 is 5.32 Å². The molecule has 0 saturated carbocycles. The zero-order chi connectivity index (χ0) is 12.2. The summed E-state index contributed by atoms with van der Waals surface area (Å²) < 4.78 is 5.77. The van der Waals surface area contributed by atoms with Crippen LogP contribution in [0.1, 0.15) is 32.6 Å². The maximum absolute atomic E-state index is 8.69. The molecule has 1 rings (SSSR count). The molecule has 1 aromatic rings. The van der Waals surface area contributed by atoms with Crippen LogP contribution in [0, 0.1) is 11.3 Å². The summed E-state index contributed by atoms with van der Waals surface area (Å²) in [6.07, 6.45) is 0.146. The second-order valence-corrected chi connectivity index (χ2v) is 5.78. The van der Waals surface area contributed by atoms with Crippen LogP contribution in [0.15, 0.2) is 12.1 Å². The van der Waals surface area contributed by atoms with E-state index >= 15 is 0 Å². The van der Waals surface area contributed by atoms with Gasteiger partial charge in [0.05, 0.1) is 16.7 Å². The predicted molar refractivity (Wildman–Crippen MR) is 67.8 cm³/mol. The molecule has 16 heavy (non-hydrogen) atoms.